The molecule has 0 spiro atoms. The Balaban J connectivity index is 2.53. The lowest BCUT2D eigenvalue weighted by Gasteiger charge is -2.14. The second kappa shape index (κ2) is 7.61. The number of non-ortho nitro benzene ring substituents is 1. The molecule has 5 nitrogen and oxygen atoms in total. The van der Waals surface area contributed by atoms with Crippen molar-refractivity contribution < 1.29 is 9.66 Å². The summed E-state index contributed by atoms with van der Waals surface area (Å²) in [4.78, 5) is 10.3. The van der Waals surface area contributed by atoms with Gasteiger partial charge in [-0.1, -0.05) is 26.2 Å². The summed E-state index contributed by atoms with van der Waals surface area (Å²) >= 11 is 0. The molecule has 1 aromatic carbocycles. The van der Waals surface area contributed by atoms with Gasteiger partial charge in [0.25, 0.3) is 5.69 Å². The third-order valence-electron chi connectivity index (χ3n) is 2.93. The molecule has 0 aromatic heterocycles. The SMILES string of the molecule is CCCCCCC(C)Oc1cc(N)cc([N+](=O)[O-])c1. The van der Waals surface area contributed by atoms with Crippen LogP contribution in [0.4, 0.5) is 11.4 Å². The molecule has 1 aromatic rings. The molecule has 0 saturated heterocycles. The quantitative estimate of drug-likeness (QED) is 0.335. The second-order valence-corrected chi connectivity index (χ2v) is 4.80. The Hall–Kier alpha value is -1.78. The number of anilines is 1. The summed E-state index contributed by atoms with van der Waals surface area (Å²) < 4.78 is 5.68. The van der Waals surface area contributed by atoms with E-state index < -0.39 is 4.92 Å². The van der Waals surface area contributed by atoms with Crippen molar-refractivity contribution in [1.29, 1.82) is 0 Å². The second-order valence-electron chi connectivity index (χ2n) is 4.80. The molecule has 0 aliphatic heterocycles. The first-order valence-electron chi connectivity index (χ1n) is 6.74. The van der Waals surface area contributed by atoms with Crippen molar-refractivity contribution in [2.75, 3.05) is 5.73 Å². The minimum Gasteiger partial charge on any atom is -0.490 e. The van der Waals surface area contributed by atoms with Crippen molar-refractivity contribution in [2.45, 2.75) is 52.1 Å². The highest BCUT2D eigenvalue weighted by molar-refractivity contribution is 5.53. The Morgan fingerprint density at radius 3 is 2.68 bits per heavy atom. The molecule has 0 saturated carbocycles. The lowest BCUT2D eigenvalue weighted by molar-refractivity contribution is -0.384. The fourth-order valence-corrected chi connectivity index (χ4v) is 1.93. The number of nitrogen functional groups attached to an aromatic ring is 1. The number of benzene rings is 1. The third kappa shape index (κ3) is 5.59. The Bertz CT molecular complexity index is 421. The van der Waals surface area contributed by atoms with Crippen LogP contribution in [-0.4, -0.2) is 11.0 Å². The van der Waals surface area contributed by atoms with Gasteiger partial charge in [0.1, 0.15) is 5.75 Å². The highest BCUT2D eigenvalue weighted by Crippen LogP contribution is 2.25. The normalized spacial score (nSPS) is 12.1. The largest absolute Gasteiger partial charge is 0.490 e. The van der Waals surface area contributed by atoms with E-state index in [0.717, 1.165) is 12.8 Å². The van der Waals surface area contributed by atoms with Gasteiger partial charge in [0.2, 0.25) is 0 Å². The number of unbranched alkanes of at least 4 members (excludes halogenated alkanes) is 3. The van der Waals surface area contributed by atoms with Crippen LogP contribution in [0.5, 0.6) is 5.75 Å². The van der Waals surface area contributed by atoms with Crippen LogP contribution in [0.3, 0.4) is 0 Å². The Kier molecular flexibility index (Phi) is 6.12. The lowest BCUT2D eigenvalue weighted by Crippen LogP contribution is -2.11. The molecule has 5 heteroatoms. The van der Waals surface area contributed by atoms with Crippen molar-refractivity contribution in [3.63, 3.8) is 0 Å². The van der Waals surface area contributed by atoms with Gasteiger partial charge in [-0.3, -0.25) is 10.1 Å². The summed E-state index contributed by atoms with van der Waals surface area (Å²) in [6, 6.07) is 4.37. The Morgan fingerprint density at radius 1 is 1.32 bits per heavy atom. The highest BCUT2D eigenvalue weighted by atomic mass is 16.6. The van der Waals surface area contributed by atoms with Crippen molar-refractivity contribution in [3.05, 3.63) is 28.3 Å². The van der Waals surface area contributed by atoms with Crippen LogP contribution in [0.15, 0.2) is 18.2 Å². The molecule has 0 heterocycles. The maximum atomic E-state index is 10.7. The average Bonchev–Trinajstić information content (AvgIpc) is 2.34. The van der Waals surface area contributed by atoms with E-state index in [2.05, 4.69) is 6.92 Å². The average molecular weight is 266 g/mol. The molecule has 0 amide bonds. The molecule has 0 aliphatic rings. The molecule has 0 bridgehead atoms. The first-order chi connectivity index (χ1) is 9.02. The zero-order valence-corrected chi connectivity index (χ0v) is 11.6. The van der Waals surface area contributed by atoms with Crippen molar-refractivity contribution in [2.24, 2.45) is 0 Å². The van der Waals surface area contributed by atoms with Crippen LogP contribution in [0, 0.1) is 10.1 Å². The van der Waals surface area contributed by atoms with Gasteiger partial charge in [-0.2, -0.15) is 0 Å². The lowest BCUT2D eigenvalue weighted by atomic mass is 10.1. The van der Waals surface area contributed by atoms with Gasteiger partial charge < -0.3 is 10.5 Å². The molecule has 19 heavy (non-hydrogen) atoms. The minimum atomic E-state index is -0.463. The topological polar surface area (TPSA) is 78.4 Å². The molecule has 106 valence electrons. The van der Waals surface area contributed by atoms with Crippen molar-refractivity contribution >= 4 is 11.4 Å². The number of hydrogen-bond acceptors (Lipinski definition) is 4. The van der Waals surface area contributed by atoms with Gasteiger partial charge in [0.05, 0.1) is 17.1 Å². The van der Waals surface area contributed by atoms with Crippen LogP contribution < -0.4 is 10.5 Å². The number of nitrogens with two attached hydrogens (primary N) is 1. The van der Waals surface area contributed by atoms with E-state index in [1.54, 1.807) is 6.07 Å². The first-order valence-corrected chi connectivity index (χ1v) is 6.74. The predicted molar refractivity (Wildman–Crippen MR) is 76.4 cm³/mol. The van der Waals surface area contributed by atoms with Crippen LogP contribution in [0.1, 0.15) is 46.0 Å². The van der Waals surface area contributed by atoms with Crippen LogP contribution in [0.2, 0.25) is 0 Å². The number of nitro benzene ring substituents is 1. The van der Waals surface area contributed by atoms with Gasteiger partial charge in [-0.15, -0.1) is 0 Å². The molecular weight excluding hydrogens is 244 g/mol. The molecule has 1 atom stereocenters. The van der Waals surface area contributed by atoms with Gasteiger partial charge in [-0.05, 0) is 19.8 Å². The zero-order chi connectivity index (χ0) is 14.3. The smallest absolute Gasteiger partial charge is 0.275 e. The summed E-state index contributed by atoms with van der Waals surface area (Å²) in [7, 11) is 0. The van der Waals surface area contributed by atoms with E-state index in [1.165, 1.54) is 31.4 Å². The highest BCUT2D eigenvalue weighted by Gasteiger charge is 2.11. The van der Waals surface area contributed by atoms with Crippen LogP contribution >= 0.6 is 0 Å². The molecule has 1 rings (SSSR count). The molecular formula is C14H22N2O3. The summed E-state index contributed by atoms with van der Waals surface area (Å²) in [5.74, 6) is 0.467. The third-order valence-corrected chi connectivity index (χ3v) is 2.93. The number of ether oxygens (including phenoxy) is 1. The van der Waals surface area contributed by atoms with E-state index in [9.17, 15) is 10.1 Å². The maximum Gasteiger partial charge on any atom is 0.275 e. The number of rotatable bonds is 8. The van der Waals surface area contributed by atoms with E-state index >= 15 is 0 Å². The maximum absolute atomic E-state index is 10.7. The number of nitrogens with zero attached hydrogens (tertiary/aromatic N) is 1. The Morgan fingerprint density at radius 2 is 2.05 bits per heavy atom. The molecule has 0 fully saturated rings. The number of nitro groups is 1. The summed E-state index contributed by atoms with van der Waals surface area (Å²) in [5.41, 5.74) is 5.94. The summed E-state index contributed by atoms with van der Waals surface area (Å²) in [6.45, 7) is 4.15. The molecule has 2 N–H and O–H groups in total. The van der Waals surface area contributed by atoms with Crippen molar-refractivity contribution in [3.8, 4) is 5.75 Å². The fraction of sp³-hybridized carbons (Fsp3) is 0.571. The van der Waals surface area contributed by atoms with Gasteiger partial charge in [0, 0.05) is 17.8 Å². The van der Waals surface area contributed by atoms with E-state index in [-0.39, 0.29) is 11.8 Å². The van der Waals surface area contributed by atoms with Gasteiger partial charge >= 0.3 is 0 Å². The van der Waals surface area contributed by atoms with Gasteiger partial charge in [0.15, 0.2) is 0 Å². The number of hydrogen-bond donors (Lipinski definition) is 1. The van der Waals surface area contributed by atoms with E-state index in [4.69, 9.17) is 10.5 Å². The van der Waals surface area contributed by atoms with Gasteiger partial charge in [-0.25, -0.2) is 0 Å². The monoisotopic (exact) mass is 266 g/mol. The van der Waals surface area contributed by atoms with Crippen LogP contribution in [0.25, 0.3) is 0 Å². The zero-order valence-electron chi connectivity index (χ0n) is 11.6. The standard InChI is InChI=1S/C14H22N2O3/c1-3-4-5-6-7-11(2)19-14-9-12(15)8-13(10-14)16(17)18/h8-11H,3-7,15H2,1-2H3. The van der Waals surface area contributed by atoms with Crippen LogP contribution in [-0.2, 0) is 0 Å². The van der Waals surface area contributed by atoms with Crippen molar-refractivity contribution in [1.82, 2.24) is 0 Å². The first kappa shape index (κ1) is 15.3. The molecule has 0 aliphatic carbocycles. The fourth-order valence-electron chi connectivity index (χ4n) is 1.93. The molecule has 1 unspecified atom stereocenters. The molecule has 0 radical (unpaired) electrons. The minimum absolute atomic E-state index is 0.0341. The van der Waals surface area contributed by atoms with E-state index in [1.807, 2.05) is 6.92 Å². The predicted octanol–water partition coefficient (Wildman–Crippen LogP) is 3.91. The summed E-state index contributed by atoms with van der Waals surface area (Å²) in [6.07, 6.45) is 5.73. The summed E-state index contributed by atoms with van der Waals surface area (Å²) in [5, 5.41) is 10.7. The Labute approximate surface area is 113 Å². The van der Waals surface area contributed by atoms with E-state index in [0.29, 0.717) is 11.4 Å².